The second kappa shape index (κ2) is 7.87. The van der Waals surface area contributed by atoms with Crippen LogP contribution in [0.25, 0.3) is 0 Å². The molecule has 118 valence electrons. The monoisotopic (exact) mass is 323 g/mol. The topological polar surface area (TPSA) is 60.7 Å². The van der Waals surface area contributed by atoms with Gasteiger partial charge in [0.15, 0.2) is 0 Å². The molecule has 0 saturated carbocycles. The van der Waals surface area contributed by atoms with E-state index >= 15 is 0 Å². The Morgan fingerprint density at radius 1 is 1.32 bits per heavy atom. The molecule has 1 atom stereocenters. The lowest BCUT2D eigenvalue weighted by molar-refractivity contribution is 0.0896. The standard InChI is InChI=1S/C16H18ClNO4/c1-3-21-12-6-4-11(5-7-12)14(10-20-2)18-16(19)13-8-9-22-15(13)17/h4-9,14H,3,10H2,1-2H3,(H,18,19). The number of methoxy groups -OCH3 is 1. The van der Waals surface area contributed by atoms with E-state index in [0.717, 1.165) is 11.3 Å². The molecule has 1 unspecified atom stereocenters. The molecule has 0 aliphatic rings. The van der Waals surface area contributed by atoms with Crippen molar-refractivity contribution in [2.75, 3.05) is 20.3 Å². The summed E-state index contributed by atoms with van der Waals surface area (Å²) >= 11 is 5.82. The zero-order valence-electron chi connectivity index (χ0n) is 12.5. The van der Waals surface area contributed by atoms with E-state index in [0.29, 0.717) is 18.8 Å². The van der Waals surface area contributed by atoms with Crippen LogP contribution in [0.2, 0.25) is 5.22 Å². The highest BCUT2D eigenvalue weighted by Crippen LogP contribution is 2.21. The van der Waals surface area contributed by atoms with E-state index in [-0.39, 0.29) is 17.2 Å². The van der Waals surface area contributed by atoms with Crippen molar-refractivity contribution >= 4 is 17.5 Å². The molecule has 5 nitrogen and oxygen atoms in total. The SMILES string of the molecule is CCOc1ccc(C(COC)NC(=O)c2ccoc2Cl)cc1. The van der Waals surface area contributed by atoms with Gasteiger partial charge in [0, 0.05) is 7.11 Å². The molecule has 0 aliphatic carbocycles. The molecule has 1 N–H and O–H groups in total. The first-order valence-electron chi connectivity index (χ1n) is 6.91. The first-order valence-corrected chi connectivity index (χ1v) is 7.29. The third-order valence-corrected chi connectivity index (χ3v) is 3.39. The van der Waals surface area contributed by atoms with Crippen LogP contribution in [0.3, 0.4) is 0 Å². The van der Waals surface area contributed by atoms with Gasteiger partial charge < -0.3 is 19.2 Å². The summed E-state index contributed by atoms with van der Waals surface area (Å²) in [7, 11) is 1.58. The van der Waals surface area contributed by atoms with Gasteiger partial charge in [-0.1, -0.05) is 12.1 Å². The first kappa shape index (κ1) is 16.4. The van der Waals surface area contributed by atoms with Crippen molar-refractivity contribution in [2.24, 2.45) is 0 Å². The highest BCUT2D eigenvalue weighted by atomic mass is 35.5. The molecule has 0 fully saturated rings. The Morgan fingerprint density at radius 2 is 2.05 bits per heavy atom. The molecule has 0 bridgehead atoms. The average molecular weight is 324 g/mol. The lowest BCUT2D eigenvalue weighted by Gasteiger charge is -2.18. The number of ether oxygens (including phenoxy) is 2. The predicted octanol–water partition coefficient (Wildman–Crippen LogP) is 3.45. The van der Waals surface area contributed by atoms with Gasteiger partial charge in [0.1, 0.15) is 5.75 Å². The molecule has 22 heavy (non-hydrogen) atoms. The van der Waals surface area contributed by atoms with Gasteiger partial charge in [-0.15, -0.1) is 0 Å². The number of carbonyl (C=O) groups is 1. The number of furan rings is 1. The summed E-state index contributed by atoms with van der Waals surface area (Å²) in [5, 5.41) is 2.95. The van der Waals surface area contributed by atoms with E-state index < -0.39 is 0 Å². The zero-order valence-corrected chi connectivity index (χ0v) is 13.2. The molecule has 6 heteroatoms. The number of benzene rings is 1. The minimum atomic E-state index is -0.310. The maximum atomic E-state index is 12.2. The first-order chi connectivity index (χ1) is 10.7. The van der Waals surface area contributed by atoms with E-state index in [9.17, 15) is 4.79 Å². The van der Waals surface area contributed by atoms with Crippen LogP contribution in [0.15, 0.2) is 41.0 Å². The fourth-order valence-corrected chi connectivity index (χ4v) is 2.24. The van der Waals surface area contributed by atoms with Gasteiger partial charge in [0.05, 0.1) is 31.1 Å². The minimum Gasteiger partial charge on any atom is -0.494 e. The third kappa shape index (κ3) is 4.02. The van der Waals surface area contributed by atoms with Gasteiger partial charge in [0.25, 0.3) is 5.91 Å². The molecule has 0 spiro atoms. The average Bonchev–Trinajstić information content (AvgIpc) is 2.94. The second-order valence-corrected chi connectivity index (χ2v) is 4.93. The Balaban J connectivity index is 2.12. The fraction of sp³-hybridized carbons (Fsp3) is 0.312. The molecule has 1 aromatic heterocycles. The Bertz CT molecular complexity index is 609. The summed E-state index contributed by atoms with van der Waals surface area (Å²) in [5.41, 5.74) is 1.21. The van der Waals surface area contributed by atoms with E-state index in [1.807, 2.05) is 31.2 Å². The van der Waals surface area contributed by atoms with Crippen LogP contribution in [0.4, 0.5) is 0 Å². The van der Waals surface area contributed by atoms with Crippen LogP contribution >= 0.6 is 11.6 Å². The molecule has 2 aromatic rings. The smallest absolute Gasteiger partial charge is 0.256 e. The maximum Gasteiger partial charge on any atom is 0.256 e. The maximum absolute atomic E-state index is 12.2. The summed E-state index contributed by atoms with van der Waals surface area (Å²) in [6.45, 7) is 2.88. The molecule has 0 saturated heterocycles. The molecule has 0 radical (unpaired) electrons. The van der Waals surface area contributed by atoms with Gasteiger partial charge >= 0.3 is 0 Å². The number of nitrogens with one attached hydrogen (secondary N) is 1. The number of carbonyl (C=O) groups excluding carboxylic acids is 1. The lowest BCUT2D eigenvalue weighted by Crippen LogP contribution is -2.31. The van der Waals surface area contributed by atoms with Gasteiger partial charge in [0.2, 0.25) is 5.22 Å². The third-order valence-electron chi connectivity index (χ3n) is 3.09. The largest absolute Gasteiger partial charge is 0.494 e. The van der Waals surface area contributed by atoms with Crippen molar-refractivity contribution in [1.82, 2.24) is 5.32 Å². The molecule has 1 aromatic carbocycles. The van der Waals surface area contributed by atoms with Crippen LogP contribution in [0.5, 0.6) is 5.75 Å². The lowest BCUT2D eigenvalue weighted by atomic mass is 10.1. The summed E-state index contributed by atoms with van der Waals surface area (Å²) in [6, 6.07) is 8.74. The second-order valence-electron chi connectivity index (χ2n) is 4.59. The van der Waals surface area contributed by atoms with Gasteiger partial charge in [-0.2, -0.15) is 0 Å². The molecule has 1 heterocycles. The van der Waals surface area contributed by atoms with Crippen LogP contribution in [-0.4, -0.2) is 26.2 Å². The van der Waals surface area contributed by atoms with Crippen LogP contribution < -0.4 is 10.1 Å². The number of rotatable bonds is 7. The predicted molar refractivity (Wildman–Crippen MR) is 83.4 cm³/mol. The van der Waals surface area contributed by atoms with Crippen molar-refractivity contribution in [3.63, 3.8) is 0 Å². The molecule has 0 aliphatic heterocycles. The fourth-order valence-electron chi connectivity index (χ4n) is 2.04. The minimum absolute atomic E-state index is 0.0698. The van der Waals surface area contributed by atoms with Crippen LogP contribution in [-0.2, 0) is 4.74 Å². The Morgan fingerprint density at radius 3 is 2.59 bits per heavy atom. The summed E-state index contributed by atoms with van der Waals surface area (Å²) in [6.07, 6.45) is 1.37. The van der Waals surface area contributed by atoms with Gasteiger partial charge in [-0.3, -0.25) is 4.79 Å². The van der Waals surface area contributed by atoms with E-state index in [4.69, 9.17) is 25.5 Å². The Labute approximate surface area is 134 Å². The summed E-state index contributed by atoms with van der Waals surface area (Å²) < 4.78 is 15.5. The van der Waals surface area contributed by atoms with Gasteiger partial charge in [-0.25, -0.2) is 0 Å². The number of hydrogen-bond donors (Lipinski definition) is 1. The normalized spacial score (nSPS) is 12.0. The molecular formula is C16H18ClNO4. The van der Waals surface area contributed by atoms with Crippen molar-refractivity contribution in [3.05, 3.63) is 52.9 Å². The highest BCUT2D eigenvalue weighted by molar-refractivity contribution is 6.32. The van der Waals surface area contributed by atoms with E-state index in [1.54, 1.807) is 7.11 Å². The summed E-state index contributed by atoms with van der Waals surface area (Å²) in [5.74, 6) is 0.473. The number of amides is 1. The van der Waals surface area contributed by atoms with E-state index in [2.05, 4.69) is 5.32 Å². The quantitative estimate of drug-likeness (QED) is 0.847. The number of halogens is 1. The Kier molecular flexibility index (Phi) is 5.86. The van der Waals surface area contributed by atoms with Crippen molar-refractivity contribution in [1.29, 1.82) is 0 Å². The summed E-state index contributed by atoms with van der Waals surface area (Å²) in [4.78, 5) is 12.2. The van der Waals surface area contributed by atoms with Crippen LogP contribution in [0, 0.1) is 0 Å². The highest BCUT2D eigenvalue weighted by Gasteiger charge is 2.19. The number of hydrogen-bond acceptors (Lipinski definition) is 4. The van der Waals surface area contributed by atoms with Crippen molar-refractivity contribution < 1.29 is 18.7 Å². The van der Waals surface area contributed by atoms with Crippen molar-refractivity contribution in [2.45, 2.75) is 13.0 Å². The van der Waals surface area contributed by atoms with Crippen LogP contribution in [0.1, 0.15) is 28.9 Å². The van der Waals surface area contributed by atoms with Crippen molar-refractivity contribution in [3.8, 4) is 5.75 Å². The Hall–Kier alpha value is -1.98. The molecule has 1 amide bonds. The van der Waals surface area contributed by atoms with E-state index in [1.165, 1.54) is 12.3 Å². The zero-order chi connectivity index (χ0) is 15.9. The molecule has 2 rings (SSSR count). The molecular weight excluding hydrogens is 306 g/mol. The van der Waals surface area contributed by atoms with Gasteiger partial charge in [-0.05, 0) is 42.3 Å².